The zero-order valence-corrected chi connectivity index (χ0v) is 16.5. The van der Waals surface area contributed by atoms with Gasteiger partial charge in [-0.15, -0.1) is 0 Å². The molecule has 7 nitrogen and oxygen atoms in total. The van der Waals surface area contributed by atoms with E-state index in [1.807, 2.05) is 24.0 Å². The second-order valence-electron chi connectivity index (χ2n) is 7.79. The number of ether oxygens (including phenoxy) is 2. The number of hydrogen-bond donors (Lipinski definition) is 0. The van der Waals surface area contributed by atoms with Crippen molar-refractivity contribution in [1.29, 1.82) is 0 Å². The molecular formula is C21H27N3O4. The number of aromatic nitrogens is 2. The minimum atomic E-state index is -0.285. The molecule has 0 aromatic carbocycles. The highest BCUT2D eigenvalue weighted by atomic mass is 16.5. The number of rotatable bonds is 6. The highest BCUT2D eigenvalue weighted by molar-refractivity contribution is 5.96. The SMILES string of the molecule is CCCc1onc(C)c1C(=O)N1CC2(C[C@@H](OCc3ccncc3)CCO2)C1. The van der Waals surface area contributed by atoms with Crippen molar-refractivity contribution in [3.8, 4) is 0 Å². The molecule has 0 saturated carbocycles. The molecule has 0 bridgehead atoms. The first-order valence-corrected chi connectivity index (χ1v) is 9.99. The van der Waals surface area contributed by atoms with E-state index in [4.69, 9.17) is 14.0 Å². The first-order chi connectivity index (χ1) is 13.6. The summed E-state index contributed by atoms with van der Waals surface area (Å²) in [6.45, 7) is 6.31. The minimum absolute atomic E-state index is 0.00347. The van der Waals surface area contributed by atoms with Gasteiger partial charge in [-0.1, -0.05) is 12.1 Å². The lowest BCUT2D eigenvalue weighted by Gasteiger charge is -2.53. The molecule has 2 aromatic heterocycles. The Kier molecular flexibility index (Phi) is 5.46. The van der Waals surface area contributed by atoms with Crippen LogP contribution in [0, 0.1) is 6.92 Å². The number of nitrogens with zero attached hydrogens (tertiary/aromatic N) is 3. The van der Waals surface area contributed by atoms with Gasteiger partial charge in [0.05, 0.1) is 31.5 Å². The van der Waals surface area contributed by atoms with Gasteiger partial charge in [-0.05, 0) is 37.5 Å². The molecule has 1 spiro atoms. The van der Waals surface area contributed by atoms with Crippen LogP contribution < -0.4 is 0 Å². The van der Waals surface area contributed by atoms with E-state index in [0.717, 1.165) is 31.2 Å². The molecule has 2 aliphatic heterocycles. The molecule has 0 N–H and O–H groups in total. The molecule has 150 valence electrons. The van der Waals surface area contributed by atoms with E-state index < -0.39 is 0 Å². The predicted octanol–water partition coefficient (Wildman–Crippen LogP) is 2.92. The molecule has 7 heteroatoms. The summed E-state index contributed by atoms with van der Waals surface area (Å²) < 4.78 is 17.5. The second kappa shape index (κ2) is 8.01. The summed E-state index contributed by atoms with van der Waals surface area (Å²) in [5, 5.41) is 3.99. The fourth-order valence-electron chi connectivity index (χ4n) is 4.08. The molecule has 1 atom stereocenters. The number of hydrogen-bond acceptors (Lipinski definition) is 6. The van der Waals surface area contributed by atoms with Gasteiger partial charge in [-0.3, -0.25) is 9.78 Å². The van der Waals surface area contributed by atoms with Gasteiger partial charge < -0.3 is 18.9 Å². The lowest BCUT2D eigenvalue weighted by Crippen LogP contribution is -2.67. The van der Waals surface area contributed by atoms with Crippen molar-refractivity contribution in [2.45, 2.75) is 57.8 Å². The summed E-state index contributed by atoms with van der Waals surface area (Å²) in [5.41, 5.74) is 2.12. The van der Waals surface area contributed by atoms with E-state index in [1.54, 1.807) is 12.4 Å². The number of carbonyl (C=O) groups excluding carboxylic acids is 1. The normalized spacial score (nSPS) is 20.9. The molecule has 2 saturated heterocycles. The van der Waals surface area contributed by atoms with Gasteiger partial charge in [0.2, 0.25) is 0 Å². The van der Waals surface area contributed by atoms with E-state index in [-0.39, 0.29) is 17.6 Å². The summed E-state index contributed by atoms with van der Waals surface area (Å²) in [5.74, 6) is 0.685. The van der Waals surface area contributed by atoms with Crippen LogP contribution >= 0.6 is 0 Å². The van der Waals surface area contributed by atoms with E-state index in [1.165, 1.54) is 0 Å². The van der Waals surface area contributed by atoms with Crippen molar-refractivity contribution in [3.63, 3.8) is 0 Å². The second-order valence-corrected chi connectivity index (χ2v) is 7.79. The minimum Gasteiger partial charge on any atom is -0.373 e. The van der Waals surface area contributed by atoms with Crippen molar-refractivity contribution in [1.82, 2.24) is 15.0 Å². The van der Waals surface area contributed by atoms with Crippen LogP contribution in [0.15, 0.2) is 29.0 Å². The summed E-state index contributed by atoms with van der Waals surface area (Å²) in [7, 11) is 0. The van der Waals surface area contributed by atoms with E-state index in [9.17, 15) is 4.79 Å². The molecule has 4 heterocycles. The number of likely N-dealkylation sites (tertiary alicyclic amines) is 1. The fourth-order valence-corrected chi connectivity index (χ4v) is 4.08. The van der Waals surface area contributed by atoms with Gasteiger partial charge in [0, 0.05) is 31.8 Å². The van der Waals surface area contributed by atoms with Crippen LogP contribution in [0.4, 0.5) is 0 Å². The Labute approximate surface area is 165 Å². The van der Waals surface area contributed by atoms with Crippen molar-refractivity contribution in [3.05, 3.63) is 47.1 Å². The maximum atomic E-state index is 13.0. The van der Waals surface area contributed by atoms with Gasteiger partial charge in [0.15, 0.2) is 0 Å². The smallest absolute Gasteiger partial charge is 0.259 e. The third-order valence-corrected chi connectivity index (χ3v) is 5.55. The highest BCUT2D eigenvalue weighted by Crippen LogP contribution is 2.37. The van der Waals surface area contributed by atoms with Crippen molar-refractivity contribution >= 4 is 5.91 Å². The average molecular weight is 385 g/mol. The molecule has 0 aliphatic carbocycles. The van der Waals surface area contributed by atoms with Gasteiger partial charge >= 0.3 is 0 Å². The maximum absolute atomic E-state index is 13.0. The van der Waals surface area contributed by atoms with Crippen LogP contribution in [0.5, 0.6) is 0 Å². The zero-order chi connectivity index (χ0) is 19.6. The number of aryl methyl sites for hydroxylation is 2. The molecule has 0 radical (unpaired) electrons. The maximum Gasteiger partial charge on any atom is 0.259 e. The number of amides is 1. The van der Waals surface area contributed by atoms with Crippen molar-refractivity contribution < 1.29 is 18.8 Å². The van der Waals surface area contributed by atoms with Crippen molar-refractivity contribution in [2.75, 3.05) is 19.7 Å². The standard InChI is InChI=1S/C21H27N3O4/c1-3-4-18-19(15(2)23-28-18)20(25)24-13-21(14-24)11-17(7-10-27-21)26-12-16-5-8-22-9-6-16/h5-6,8-9,17H,3-4,7,10-14H2,1-2H3/t17-/m0/s1. The van der Waals surface area contributed by atoms with Crippen LogP contribution in [0.3, 0.4) is 0 Å². The molecular weight excluding hydrogens is 358 g/mol. The Morgan fingerprint density at radius 2 is 2.14 bits per heavy atom. The third-order valence-electron chi connectivity index (χ3n) is 5.55. The Balaban J connectivity index is 1.34. The molecule has 4 rings (SSSR count). The summed E-state index contributed by atoms with van der Waals surface area (Å²) in [6.07, 6.45) is 7.03. The third kappa shape index (κ3) is 3.82. The first-order valence-electron chi connectivity index (χ1n) is 9.99. The van der Waals surface area contributed by atoms with Gasteiger partial charge in [-0.2, -0.15) is 0 Å². The van der Waals surface area contributed by atoms with Crippen LogP contribution in [0.25, 0.3) is 0 Å². The Morgan fingerprint density at radius 3 is 2.89 bits per heavy atom. The van der Waals surface area contributed by atoms with Gasteiger partial charge in [0.25, 0.3) is 5.91 Å². The van der Waals surface area contributed by atoms with Crippen molar-refractivity contribution in [2.24, 2.45) is 0 Å². The molecule has 1 amide bonds. The zero-order valence-electron chi connectivity index (χ0n) is 16.5. The highest BCUT2D eigenvalue weighted by Gasteiger charge is 2.50. The van der Waals surface area contributed by atoms with Gasteiger partial charge in [0.1, 0.15) is 16.9 Å². The largest absolute Gasteiger partial charge is 0.373 e. The monoisotopic (exact) mass is 385 g/mol. The van der Waals surface area contributed by atoms with Crippen LogP contribution in [0.1, 0.15) is 53.6 Å². The Bertz CT molecular complexity index is 814. The topological polar surface area (TPSA) is 77.7 Å². The summed E-state index contributed by atoms with van der Waals surface area (Å²) in [4.78, 5) is 18.8. The first kappa shape index (κ1) is 19.1. The Hall–Kier alpha value is -2.25. The summed E-state index contributed by atoms with van der Waals surface area (Å²) >= 11 is 0. The average Bonchev–Trinajstić information content (AvgIpc) is 3.05. The van der Waals surface area contributed by atoms with E-state index >= 15 is 0 Å². The molecule has 2 fully saturated rings. The number of pyridine rings is 1. The van der Waals surface area contributed by atoms with Crippen LogP contribution in [-0.2, 0) is 22.5 Å². The lowest BCUT2D eigenvalue weighted by atomic mass is 9.84. The fraction of sp³-hybridized carbons (Fsp3) is 0.571. The predicted molar refractivity (Wildman–Crippen MR) is 102 cm³/mol. The van der Waals surface area contributed by atoms with Crippen LogP contribution in [0.2, 0.25) is 0 Å². The molecule has 2 aliphatic rings. The molecule has 0 unspecified atom stereocenters. The Morgan fingerprint density at radius 1 is 1.36 bits per heavy atom. The van der Waals surface area contributed by atoms with Gasteiger partial charge in [-0.25, -0.2) is 0 Å². The van der Waals surface area contributed by atoms with E-state index in [2.05, 4.69) is 17.1 Å². The van der Waals surface area contributed by atoms with E-state index in [0.29, 0.717) is 43.3 Å². The molecule has 28 heavy (non-hydrogen) atoms. The lowest BCUT2D eigenvalue weighted by molar-refractivity contribution is -0.188. The summed E-state index contributed by atoms with van der Waals surface area (Å²) in [6, 6.07) is 3.93. The quantitative estimate of drug-likeness (QED) is 0.761. The van der Waals surface area contributed by atoms with Crippen LogP contribution in [-0.4, -0.2) is 52.3 Å². The number of carbonyl (C=O) groups is 1. The molecule has 2 aromatic rings.